The van der Waals surface area contributed by atoms with Crippen LogP contribution in [0.2, 0.25) is 0 Å². The average molecular weight is 499 g/mol. The van der Waals surface area contributed by atoms with E-state index in [1.54, 1.807) is 0 Å². The molecule has 1 aromatic heterocycles. The molecule has 1 aliphatic rings. The van der Waals surface area contributed by atoms with Crippen molar-refractivity contribution < 1.29 is 4.74 Å². The van der Waals surface area contributed by atoms with Crippen molar-refractivity contribution in [3.8, 4) is 0 Å². The van der Waals surface area contributed by atoms with E-state index < -0.39 is 0 Å². The predicted molar refractivity (Wildman–Crippen MR) is 126 cm³/mol. The standard InChI is InChI=1S/C21H33N5O.HI/c1-3-22-21(23-14-9-15-27-17-10-5-4-6-11-17)24-16-20-25-18-12-7-8-13-19(18)26(20)2;/h7-8,12-13,17H,3-6,9-11,14-16H2,1-2H3,(H2,22,23,24);1H. The van der Waals surface area contributed by atoms with Crippen LogP contribution in [-0.4, -0.2) is 41.3 Å². The van der Waals surface area contributed by atoms with E-state index in [0.29, 0.717) is 12.6 Å². The van der Waals surface area contributed by atoms with E-state index in [-0.39, 0.29) is 24.0 Å². The summed E-state index contributed by atoms with van der Waals surface area (Å²) < 4.78 is 8.10. The third-order valence-electron chi connectivity index (χ3n) is 5.12. The number of aromatic nitrogens is 2. The summed E-state index contributed by atoms with van der Waals surface area (Å²) >= 11 is 0. The van der Waals surface area contributed by atoms with E-state index in [4.69, 9.17) is 9.73 Å². The molecule has 28 heavy (non-hydrogen) atoms. The highest BCUT2D eigenvalue weighted by molar-refractivity contribution is 14.0. The summed E-state index contributed by atoms with van der Waals surface area (Å²) in [5.74, 6) is 1.80. The van der Waals surface area contributed by atoms with E-state index >= 15 is 0 Å². The van der Waals surface area contributed by atoms with Crippen molar-refractivity contribution in [2.45, 2.75) is 58.1 Å². The minimum Gasteiger partial charge on any atom is -0.378 e. The second-order valence-corrected chi connectivity index (χ2v) is 7.18. The van der Waals surface area contributed by atoms with E-state index in [9.17, 15) is 0 Å². The van der Waals surface area contributed by atoms with Gasteiger partial charge < -0.3 is 19.9 Å². The Hall–Kier alpha value is -1.35. The molecule has 2 N–H and O–H groups in total. The molecule has 0 bridgehead atoms. The number of hydrogen-bond donors (Lipinski definition) is 2. The van der Waals surface area contributed by atoms with Crippen LogP contribution in [0.3, 0.4) is 0 Å². The second kappa shape index (κ2) is 12.3. The number of nitrogens with zero attached hydrogens (tertiary/aromatic N) is 3. The lowest BCUT2D eigenvalue weighted by atomic mass is 9.98. The van der Waals surface area contributed by atoms with Crippen molar-refractivity contribution in [1.29, 1.82) is 0 Å². The summed E-state index contributed by atoms with van der Waals surface area (Å²) in [7, 11) is 2.04. The van der Waals surface area contributed by atoms with Crippen LogP contribution < -0.4 is 10.6 Å². The third-order valence-corrected chi connectivity index (χ3v) is 5.12. The first kappa shape index (κ1) is 22.9. The normalized spacial score (nSPS) is 15.4. The molecular formula is C21H34IN5O. The second-order valence-electron chi connectivity index (χ2n) is 7.18. The van der Waals surface area contributed by atoms with Gasteiger partial charge in [0.25, 0.3) is 0 Å². The molecule has 7 heteroatoms. The van der Waals surface area contributed by atoms with Crippen molar-refractivity contribution in [3.05, 3.63) is 30.1 Å². The number of rotatable bonds is 8. The minimum absolute atomic E-state index is 0. The molecule has 0 spiro atoms. The molecule has 0 atom stereocenters. The van der Waals surface area contributed by atoms with Gasteiger partial charge in [0, 0.05) is 26.7 Å². The lowest BCUT2D eigenvalue weighted by molar-refractivity contribution is 0.0277. The van der Waals surface area contributed by atoms with Gasteiger partial charge in [-0.2, -0.15) is 0 Å². The van der Waals surface area contributed by atoms with E-state index in [2.05, 4.69) is 33.2 Å². The Labute approximate surface area is 185 Å². The van der Waals surface area contributed by atoms with Gasteiger partial charge in [-0.05, 0) is 38.3 Å². The highest BCUT2D eigenvalue weighted by Gasteiger charge is 2.13. The van der Waals surface area contributed by atoms with Crippen LogP contribution in [-0.2, 0) is 18.3 Å². The highest BCUT2D eigenvalue weighted by atomic mass is 127. The topological polar surface area (TPSA) is 63.5 Å². The van der Waals surface area contributed by atoms with Crippen molar-refractivity contribution in [2.24, 2.45) is 12.0 Å². The summed E-state index contributed by atoms with van der Waals surface area (Å²) in [5, 5.41) is 6.71. The monoisotopic (exact) mass is 499 g/mol. The zero-order chi connectivity index (χ0) is 18.9. The minimum atomic E-state index is 0. The van der Waals surface area contributed by atoms with Crippen LogP contribution in [0.25, 0.3) is 11.0 Å². The smallest absolute Gasteiger partial charge is 0.191 e. The Morgan fingerprint density at radius 2 is 2.00 bits per heavy atom. The fourth-order valence-electron chi connectivity index (χ4n) is 3.59. The van der Waals surface area contributed by atoms with Gasteiger partial charge in [0.15, 0.2) is 5.96 Å². The molecule has 1 heterocycles. The van der Waals surface area contributed by atoms with Crippen molar-refractivity contribution >= 4 is 41.0 Å². The number of halogens is 1. The van der Waals surface area contributed by atoms with Crippen LogP contribution in [0.1, 0.15) is 51.3 Å². The molecule has 0 saturated heterocycles. The Bertz CT molecular complexity index is 739. The Kier molecular flexibility index (Phi) is 10.0. The van der Waals surface area contributed by atoms with E-state index in [0.717, 1.165) is 48.9 Å². The fourth-order valence-corrected chi connectivity index (χ4v) is 3.59. The summed E-state index contributed by atoms with van der Waals surface area (Å²) in [5.41, 5.74) is 2.16. The molecule has 1 aromatic carbocycles. The van der Waals surface area contributed by atoms with Gasteiger partial charge in [-0.25, -0.2) is 9.98 Å². The van der Waals surface area contributed by atoms with Crippen LogP contribution in [0.15, 0.2) is 29.3 Å². The van der Waals surface area contributed by atoms with Gasteiger partial charge in [0.1, 0.15) is 12.4 Å². The highest BCUT2D eigenvalue weighted by Crippen LogP contribution is 2.20. The summed E-state index contributed by atoms with van der Waals surface area (Å²) in [6.45, 7) is 5.16. The van der Waals surface area contributed by atoms with Gasteiger partial charge in [0.05, 0.1) is 17.1 Å². The maximum atomic E-state index is 5.99. The van der Waals surface area contributed by atoms with Crippen LogP contribution >= 0.6 is 24.0 Å². The number of ether oxygens (including phenoxy) is 1. The number of para-hydroxylation sites is 2. The summed E-state index contributed by atoms with van der Waals surface area (Å²) in [6.07, 6.45) is 7.96. The lowest BCUT2D eigenvalue weighted by Gasteiger charge is -2.22. The Balaban J connectivity index is 0.00000280. The van der Waals surface area contributed by atoms with Crippen molar-refractivity contribution in [1.82, 2.24) is 20.2 Å². The van der Waals surface area contributed by atoms with E-state index in [1.165, 1.54) is 32.1 Å². The molecule has 2 aromatic rings. The Morgan fingerprint density at radius 3 is 2.75 bits per heavy atom. The predicted octanol–water partition coefficient (Wildman–Crippen LogP) is 3.99. The van der Waals surface area contributed by atoms with Crippen molar-refractivity contribution in [2.75, 3.05) is 19.7 Å². The molecular weight excluding hydrogens is 465 g/mol. The number of fused-ring (bicyclic) bond motifs is 1. The molecule has 0 amide bonds. The average Bonchev–Trinajstić information content (AvgIpc) is 3.02. The molecule has 0 radical (unpaired) electrons. The number of hydrogen-bond acceptors (Lipinski definition) is 3. The van der Waals surface area contributed by atoms with Gasteiger partial charge >= 0.3 is 0 Å². The summed E-state index contributed by atoms with van der Waals surface area (Å²) in [6, 6.07) is 8.19. The van der Waals surface area contributed by atoms with Gasteiger partial charge in [0.2, 0.25) is 0 Å². The van der Waals surface area contributed by atoms with Crippen LogP contribution in [0.4, 0.5) is 0 Å². The number of imidazole rings is 1. The third kappa shape index (κ3) is 6.62. The zero-order valence-corrected chi connectivity index (χ0v) is 19.4. The number of aliphatic imine (C=N–C) groups is 1. The Morgan fingerprint density at radius 1 is 1.21 bits per heavy atom. The number of aryl methyl sites for hydroxylation is 1. The molecule has 1 aliphatic carbocycles. The number of benzene rings is 1. The summed E-state index contributed by atoms with van der Waals surface area (Å²) in [4.78, 5) is 9.38. The quantitative estimate of drug-likeness (QED) is 0.250. The van der Waals surface area contributed by atoms with Crippen LogP contribution in [0.5, 0.6) is 0 Å². The number of guanidine groups is 1. The maximum absolute atomic E-state index is 5.99. The molecule has 0 unspecified atom stereocenters. The zero-order valence-electron chi connectivity index (χ0n) is 17.1. The first-order chi connectivity index (χ1) is 13.3. The van der Waals surface area contributed by atoms with Gasteiger partial charge in [-0.1, -0.05) is 31.4 Å². The SMILES string of the molecule is CCNC(=NCc1nc2ccccc2n1C)NCCCOC1CCCCC1.I. The molecule has 0 aliphatic heterocycles. The maximum Gasteiger partial charge on any atom is 0.191 e. The first-order valence-electron chi connectivity index (χ1n) is 10.3. The van der Waals surface area contributed by atoms with Gasteiger partial charge in [-0.15, -0.1) is 24.0 Å². The lowest BCUT2D eigenvalue weighted by Crippen LogP contribution is -2.38. The molecule has 1 fully saturated rings. The number of nitrogens with one attached hydrogen (secondary N) is 2. The first-order valence-corrected chi connectivity index (χ1v) is 10.3. The molecule has 156 valence electrons. The van der Waals surface area contributed by atoms with Crippen LogP contribution in [0, 0.1) is 0 Å². The van der Waals surface area contributed by atoms with Crippen molar-refractivity contribution in [3.63, 3.8) is 0 Å². The van der Waals surface area contributed by atoms with E-state index in [1.807, 2.05) is 25.2 Å². The molecule has 1 saturated carbocycles. The van der Waals surface area contributed by atoms with Gasteiger partial charge in [-0.3, -0.25) is 0 Å². The largest absolute Gasteiger partial charge is 0.378 e. The molecule has 3 rings (SSSR count). The molecule has 6 nitrogen and oxygen atoms in total. The fraction of sp³-hybridized carbons (Fsp3) is 0.619.